The van der Waals surface area contributed by atoms with Gasteiger partial charge < -0.3 is 5.32 Å². The summed E-state index contributed by atoms with van der Waals surface area (Å²) in [6.07, 6.45) is 2.91. The third kappa shape index (κ3) is 4.26. The van der Waals surface area contributed by atoms with E-state index in [0.29, 0.717) is 12.2 Å². The van der Waals surface area contributed by atoms with Crippen LogP contribution in [0.5, 0.6) is 0 Å². The van der Waals surface area contributed by atoms with E-state index in [1.807, 2.05) is 31.2 Å². The van der Waals surface area contributed by atoms with E-state index in [9.17, 15) is 8.42 Å². The van der Waals surface area contributed by atoms with Crippen molar-refractivity contribution in [2.75, 3.05) is 11.9 Å². The lowest BCUT2D eigenvalue weighted by Crippen LogP contribution is -2.24. The molecule has 0 spiro atoms. The maximum atomic E-state index is 12.4. The van der Waals surface area contributed by atoms with Crippen LogP contribution in [0, 0.1) is 0 Å². The van der Waals surface area contributed by atoms with Crippen molar-refractivity contribution in [2.45, 2.75) is 18.4 Å². The van der Waals surface area contributed by atoms with Gasteiger partial charge in [0.15, 0.2) is 0 Å². The first kappa shape index (κ1) is 15.9. The summed E-state index contributed by atoms with van der Waals surface area (Å²) in [5.74, 6) is 0. The lowest BCUT2D eigenvalue weighted by molar-refractivity contribution is 0.581. The Labute approximate surface area is 133 Å². The van der Waals surface area contributed by atoms with E-state index in [0.717, 1.165) is 10.0 Å². The third-order valence-corrected chi connectivity index (χ3v) is 4.72. The Kier molecular flexibility index (Phi) is 5.33. The fraction of sp³-hybridized carbons (Fsp3) is 0.214. The number of nitrogens with one attached hydrogen (secondary N) is 2. The van der Waals surface area contributed by atoms with Gasteiger partial charge in [0.1, 0.15) is 4.90 Å². The van der Waals surface area contributed by atoms with Gasteiger partial charge in [-0.15, -0.1) is 0 Å². The van der Waals surface area contributed by atoms with Crippen LogP contribution in [-0.4, -0.2) is 19.9 Å². The Morgan fingerprint density at radius 3 is 2.81 bits per heavy atom. The van der Waals surface area contributed by atoms with Crippen molar-refractivity contribution in [3.05, 3.63) is 52.8 Å². The van der Waals surface area contributed by atoms with Crippen LogP contribution >= 0.6 is 15.9 Å². The summed E-state index contributed by atoms with van der Waals surface area (Å²) in [5, 5.41) is 3.02. The van der Waals surface area contributed by atoms with Crippen molar-refractivity contribution in [3.8, 4) is 0 Å². The molecular weight excluding hydrogens is 354 g/mol. The van der Waals surface area contributed by atoms with Crippen molar-refractivity contribution in [2.24, 2.45) is 0 Å². The quantitative estimate of drug-likeness (QED) is 0.820. The summed E-state index contributed by atoms with van der Waals surface area (Å²) in [5.41, 5.74) is 1.43. The normalized spacial score (nSPS) is 11.3. The van der Waals surface area contributed by atoms with E-state index in [4.69, 9.17) is 0 Å². The van der Waals surface area contributed by atoms with Crippen LogP contribution in [0.1, 0.15) is 12.5 Å². The fourth-order valence-electron chi connectivity index (χ4n) is 1.83. The predicted molar refractivity (Wildman–Crippen MR) is 86.6 cm³/mol. The number of hydrogen-bond donors (Lipinski definition) is 2. The number of sulfonamides is 1. The maximum absolute atomic E-state index is 12.4. The lowest BCUT2D eigenvalue weighted by atomic mass is 10.2. The van der Waals surface area contributed by atoms with Crippen molar-refractivity contribution in [1.82, 2.24) is 9.71 Å². The van der Waals surface area contributed by atoms with Gasteiger partial charge in [-0.25, -0.2) is 13.1 Å². The molecule has 2 N–H and O–H groups in total. The Morgan fingerprint density at radius 1 is 1.29 bits per heavy atom. The maximum Gasteiger partial charge on any atom is 0.244 e. The van der Waals surface area contributed by atoms with Gasteiger partial charge in [0.05, 0.1) is 5.69 Å². The Bertz CT molecular complexity index is 720. The summed E-state index contributed by atoms with van der Waals surface area (Å²) < 4.78 is 28.3. The SMILES string of the molecule is CCNc1ccncc1S(=O)(=O)NCc1cccc(Br)c1. The van der Waals surface area contributed by atoms with Gasteiger partial charge in [-0.05, 0) is 30.7 Å². The van der Waals surface area contributed by atoms with Crippen molar-refractivity contribution in [3.63, 3.8) is 0 Å². The number of nitrogens with zero attached hydrogens (tertiary/aromatic N) is 1. The minimum Gasteiger partial charge on any atom is -0.384 e. The van der Waals surface area contributed by atoms with Crippen LogP contribution in [0.2, 0.25) is 0 Å². The van der Waals surface area contributed by atoms with Gasteiger partial charge >= 0.3 is 0 Å². The van der Waals surface area contributed by atoms with Crippen LogP contribution in [0.4, 0.5) is 5.69 Å². The molecule has 21 heavy (non-hydrogen) atoms. The summed E-state index contributed by atoms with van der Waals surface area (Å²) in [7, 11) is -3.61. The highest BCUT2D eigenvalue weighted by Crippen LogP contribution is 2.19. The largest absolute Gasteiger partial charge is 0.384 e. The molecule has 0 aliphatic heterocycles. The van der Waals surface area contributed by atoms with Crippen molar-refractivity contribution in [1.29, 1.82) is 0 Å². The molecule has 5 nitrogen and oxygen atoms in total. The van der Waals surface area contributed by atoms with E-state index in [1.165, 1.54) is 6.20 Å². The minimum absolute atomic E-state index is 0.154. The van der Waals surface area contributed by atoms with Crippen molar-refractivity contribution < 1.29 is 8.42 Å². The zero-order chi connectivity index (χ0) is 15.3. The third-order valence-electron chi connectivity index (χ3n) is 2.80. The monoisotopic (exact) mass is 369 g/mol. The summed E-state index contributed by atoms with van der Waals surface area (Å²) in [4.78, 5) is 4.05. The molecule has 7 heteroatoms. The number of hydrogen-bond acceptors (Lipinski definition) is 4. The molecule has 2 aromatic rings. The average Bonchev–Trinajstić information content (AvgIpc) is 2.46. The van der Waals surface area contributed by atoms with E-state index in [1.54, 1.807) is 12.3 Å². The van der Waals surface area contributed by atoms with Gasteiger partial charge in [-0.2, -0.15) is 0 Å². The molecule has 2 rings (SSSR count). The zero-order valence-electron chi connectivity index (χ0n) is 11.5. The molecule has 0 unspecified atom stereocenters. The minimum atomic E-state index is -3.61. The summed E-state index contributed by atoms with van der Waals surface area (Å²) in [6.45, 7) is 2.77. The highest BCUT2D eigenvalue weighted by molar-refractivity contribution is 9.10. The Hall–Kier alpha value is -1.44. The van der Waals surface area contributed by atoms with E-state index in [-0.39, 0.29) is 11.4 Å². The molecule has 0 fully saturated rings. The van der Waals surface area contributed by atoms with Crippen LogP contribution in [0.15, 0.2) is 52.1 Å². The number of halogens is 1. The van der Waals surface area contributed by atoms with Gasteiger partial charge in [0.25, 0.3) is 0 Å². The smallest absolute Gasteiger partial charge is 0.244 e. The van der Waals surface area contributed by atoms with E-state index < -0.39 is 10.0 Å². The number of pyridine rings is 1. The number of aromatic nitrogens is 1. The molecule has 0 atom stereocenters. The molecule has 0 bridgehead atoms. The highest BCUT2D eigenvalue weighted by Gasteiger charge is 2.18. The second kappa shape index (κ2) is 7.02. The highest BCUT2D eigenvalue weighted by atomic mass is 79.9. The fourth-order valence-corrected chi connectivity index (χ4v) is 3.42. The second-order valence-electron chi connectivity index (χ2n) is 4.36. The molecule has 0 amide bonds. The topological polar surface area (TPSA) is 71.1 Å². The number of rotatable bonds is 6. The molecule has 0 saturated heterocycles. The van der Waals surface area contributed by atoms with Gasteiger partial charge in [-0.3, -0.25) is 4.98 Å². The van der Waals surface area contributed by atoms with Crippen LogP contribution in [0.25, 0.3) is 0 Å². The number of benzene rings is 1. The first-order valence-electron chi connectivity index (χ1n) is 6.45. The predicted octanol–water partition coefficient (Wildman–Crippen LogP) is 2.75. The first-order valence-corrected chi connectivity index (χ1v) is 8.72. The Morgan fingerprint density at radius 2 is 2.10 bits per heavy atom. The molecule has 0 aliphatic rings. The van der Waals surface area contributed by atoms with Crippen LogP contribution < -0.4 is 10.0 Å². The molecular formula is C14H16BrN3O2S. The van der Waals surface area contributed by atoms with Gasteiger partial charge in [0, 0.05) is 30.0 Å². The second-order valence-corrected chi connectivity index (χ2v) is 7.01. The number of anilines is 1. The van der Waals surface area contributed by atoms with Gasteiger partial charge in [0.2, 0.25) is 10.0 Å². The molecule has 0 saturated carbocycles. The van der Waals surface area contributed by atoms with Crippen molar-refractivity contribution >= 4 is 31.6 Å². The summed E-state index contributed by atoms with van der Waals surface area (Å²) in [6, 6.07) is 9.14. The van der Waals surface area contributed by atoms with E-state index >= 15 is 0 Å². The standard InChI is InChI=1S/C14H16BrN3O2S/c1-2-17-13-6-7-16-10-14(13)21(19,20)18-9-11-4-3-5-12(15)8-11/h3-8,10,18H,2,9H2,1H3,(H,16,17). The molecule has 1 aromatic heterocycles. The Balaban J connectivity index is 2.19. The average molecular weight is 370 g/mol. The lowest BCUT2D eigenvalue weighted by Gasteiger charge is -2.11. The molecule has 1 aromatic carbocycles. The molecule has 112 valence electrons. The first-order chi connectivity index (χ1) is 10.0. The van der Waals surface area contributed by atoms with E-state index in [2.05, 4.69) is 31.0 Å². The van der Waals surface area contributed by atoms with Gasteiger partial charge in [-0.1, -0.05) is 28.1 Å². The summed E-state index contributed by atoms with van der Waals surface area (Å²) >= 11 is 3.36. The van der Waals surface area contributed by atoms with Crippen LogP contribution in [0.3, 0.4) is 0 Å². The van der Waals surface area contributed by atoms with Crippen LogP contribution in [-0.2, 0) is 16.6 Å². The molecule has 0 aliphatic carbocycles. The zero-order valence-corrected chi connectivity index (χ0v) is 13.9. The molecule has 1 heterocycles. The molecule has 0 radical (unpaired) electrons.